The van der Waals surface area contributed by atoms with Gasteiger partial charge in [0.15, 0.2) is 0 Å². The topological polar surface area (TPSA) is 20.2 Å². The summed E-state index contributed by atoms with van der Waals surface area (Å²) >= 11 is 6.13. The van der Waals surface area contributed by atoms with E-state index in [0.29, 0.717) is 0 Å². The number of fused-ring (bicyclic) bond motifs is 1. The molecule has 1 N–H and O–H groups in total. The normalized spacial score (nSPS) is 11.0. The summed E-state index contributed by atoms with van der Waals surface area (Å²) in [6.45, 7) is 2.14. The third kappa shape index (κ3) is 1.47. The quantitative estimate of drug-likeness (QED) is 0.693. The average molecular weight is 210 g/mol. The van der Waals surface area contributed by atoms with Crippen LogP contribution in [0, 0.1) is 6.92 Å². The van der Waals surface area contributed by atoms with Gasteiger partial charge in [0.1, 0.15) is 0 Å². The number of aliphatic hydroxyl groups is 1. The Morgan fingerprint density at radius 2 is 2.23 bits per heavy atom. The van der Waals surface area contributed by atoms with Crippen LogP contribution in [0.1, 0.15) is 10.4 Å². The van der Waals surface area contributed by atoms with Gasteiger partial charge in [0.05, 0.1) is 6.61 Å². The summed E-state index contributed by atoms with van der Waals surface area (Å²) in [6.07, 6.45) is 0. The van der Waals surface area contributed by atoms with Crippen LogP contribution in [0.3, 0.4) is 0 Å². The fourth-order valence-electron chi connectivity index (χ4n) is 1.39. The molecule has 2 aromatic rings. The van der Waals surface area contributed by atoms with Gasteiger partial charge in [0.2, 0.25) is 0 Å². The Morgan fingerprint density at radius 1 is 1.46 bits per heavy atom. The number of thiophene rings is 1. The molecular formula is C10H10OS2. The van der Waals surface area contributed by atoms with Crippen molar-refractivity contribution in [3.8, 4) is 0 Å². The number of aliphatic hydroxyl groups excluding tert-OH is 1. The molecule has 0 aliphatic carbocycles. The van der Waals surface area contributed by atoms with E-state index in [0.717, 1.165) is 10.5 Å². The van der Waals surface area contributed by atoms with Gasteiger partial charge in [-0.15, -0.1) is 24.0 Å². The van der Waals surface area contributed by atoms with Gasteiger partial charge in [0.25, 0.3) is 0 Å². The molecule has 0 amide bonds. The summed E-state index contributed by atoms with van der Waals surface area (Å²) in [6, 6.07) is 6.10. The van der Waals surface area contributed by atoms with Crippen molar-refractivity contribution in [2.75, 3.05) is 0 Å². The van der Waals surface area contributed by atoms with E-state index >= 15 is 0 Å². The van der Waals surface area contributed by atoms with Crippen molar-refractivity contribution in [1.82, 2.24) is 0 Å². The average Bonchev–Trinajstić information content (AvgIpc) is 2.47. The molecule has 0 unspecified atom stereocenters. The van der Waals surface area contributed by atoms with Gasteiger partial charge >= 0.3 is 0 Å². The maximum Gasteiger partial charge on any atom is 0.0693 e. The SMILES string of the molecule is Cc1cc2ccc(CO)c(S)c2s1. The molecule has 0 fully saturated rings. The molecule has 0 aliphatic heterocycles. The van der Waals surface area contributed by atoms with Gasteiger partial charge in [-0.1, -0.05) is 12.1 Å². The first-order valence-corrected chi connectivity index (χ1v) is 5.30. The fraction of sp³-hybridized carbons (Fsp3) is 0.200. The zero-order chi connectivity index (χ0) is 9.42. The van der Waals surface area contributed by atoms with Gasteiger partial charge < -0.3 is 5.11 Å². The summed E-state index contributed by atoms with van der Waals surface area (Å²) in [4.78, 5) is 2.19. The highest BCUT2D eigenvalue weighted by atomic mass is 32.1. The standard InChI is InChI=1S/C10H10OS2/c1-6-4-7-2-3-8(5-11)9(12)10(7)13-6/h2-4,11-12H,5H2,1H3. The van der Waals surface area contributed by atoms with Gasteiger partial charge in [-0.05, 0) is 23.9 Å². The van der Waals surface area contributed by atoms with Crippen LogP contribution in [0.5, 0.6) is 0 Å². The molecule has 2 rings (SSSR count). The first-order chi connectivity index (χ1) is 6.22. The van der Waals surface area contributed by atoms with E-state index in [-0.39, 0.29) is 6.61 Å². The lowest BCUT2D eigenvalue weighted by Gasteiger charge is -2.01. The van der Waals surface area contributed by atoms with E-state index in [2.05, 4.69) is 25.6 Å². The highest BCUT2D eigenvalue weighted by molar-refractivity contribution is 7.80. The number of rotatable bonds is 1. The third-order valence-electron chi connectivity index (χ3n) is 2.04. The van der Waals surface area contributed by atoms with Crippen LogP contribution in [0.25, 0.3) is 10.1 Å². The van der Waals surface area contributed by atoms with Crippen LogP contribution >= 0.6 is 24.0 Å². The van der Waals surface area contributed by atoms with Crippen LogP contribution < -0.4 is 0 Å². The molecule has 0 bridgehead atoms. The largest absolute Gasteiger partial charge is 0.392 e. The monoisotopic (exact) mass is 210 g/mol. The van der Waals surface area contributed by atoms with Gasteiger partial charge in [-0.2, -0.15) is 0 Å². The predicted octanol–water partition coefficient (Wildman–Crippen LogP) is 2.99. The van der Waals surface area contributed by atoms with Crippen molar-refractivity contribution in [2.24, 2.45) is 0 Å². The Labute approximate surface area is 86.4 Å². The summed E-state index contributed by atoms with van der Waals surface area (Å²) in [5, 5.41) is 10.3. The Morgan fingerprint density at radius 3 is 2.92 bits per heavy atom. The second-order valence-electron chi connectivity index (χ2n) is 3.01. The van der Waals surface area contributed by atoms with E-state index in [1.807, 2.05) is 12.1 Å². The molecule has 0 aliphatic rings. The second kappa shape index (κ2) is 3.33. The van der Waals surface area contributed by atoms with E-state index in [9.17, 15) is 0 Å². The first kappa shape index (κ1) is 9.06. The lowest BCUT2D eigenvalue weighted by Crippen LogP contribution is -1.84. The highest BCUT2D eigenvalue weighted by Gasteiger charge is 2.05. The zero-order valence-corrected chi connectivity index (χ0v) is 8.95. The zero-order valence-electron chi connectivity index (χ0n) is 7.24. The Kier molecular flexibility index (Phi) is 2.32. The molecule has 68 valence electrons. The van der Waals surface area contributed by atoms with E-state index < -0.39 is 0 Å². The maximum atomic E-state index is 9.04. The summed E-state index contributed by atoms with van der Waals surface area (Å²) in [5.41, 5.74) is 0.901. The van der Waals surface area contributed by atoms with Crippen molar-refractivity contribution in [3.05, 3.63) is 28.6 Å². The van der Waals surface area contributed by atoms with Crippen molar-refractivity contribution in [1.29, 1.82) is 0 Å². The molecule has 13 heavy (non-hydrogen) atoms. The van der Waals surface area contributed by atoms with Crippen LogP contribution in [0.15, 0.2) is 23.1 Å². The Bertz CT molecular complexity index is 445. The predicted molar refractivity (Wildman–Crippen MR) is 59.7 cm³/mol. The smallest absolute Gasteiger partial charge is 0.0693 e. The van der Waals surface area contributed by atoms with Crippen molar-refractivity contribution in [2.45, 2.75) is 18.4 Å². The molecule has 0 atom stereocenters. The molecular weight excluding hydrogens is 200 g/mol. The van der Waals surface area contributed by atoms with Crippen molar-refractivity contribution < 1.29 is 5.11 Å². The fourth-order valence-corrected chi connectivity index (χ4v) is 2.78. The summed E-state index contributed by atoms with van der Waals surface area (Å²) in [5.74, 6) is 0. The molecule has 0 saturated carbocycles. The molecule has 0 spiro atoms. The van der Waals surface area contributed by atoms with Crippen LogP contribution in [0.4, 0.5) is 0 Å². The van der Waals surface area contributed by atoms with Gasteiger partial charge in [-0.25, -0.2) is 0 Å². The molecule has 3 heteroatoms. The van der Waals surface area contributed by atoms with Crippen LogP contribution in [-0.2, 0) is 6.61 Å². The van der Waals surface area contributed by atoms with E-state index in [1.54, 1.807) is 11.3 Å². The summed E-state index contributed by atoms with van der Waals surface area (Å²) < 4.78 is 1.17. The molecule has 1 heterocycles. The lowest BCUT2D eigenvalue weighted by molar-refractivity contribution is 0.279. The first-order valence-electron chi connectivity index (χ1n) is 4.04. The molecule has 0 radical (unpaired) electrons. The Hall–Kier alpha value is -0.510. The van der Waals surface area contributed by atoms with E-state index in [1.165, 1.54) is 15.0 Å². The Balaban J connectivity index is 2.78. The molecule has 1 aromatic carbocycles. The number of hydrogen-bond acceptors (Lipinski definition) is 3. The minimum absolute atomic E-state index is 0.0612. The lowest BCUT2D eigenvalue weighted by atomic mass is 10.2. The van der Waals surface area contributed by atoms with Gasteiger partial charge in [-0.3, -0.25) is 0 Å². The number of hydrogen-bond donors (Lipinski definition) is 2. The minimum atomic E-state index is 0.0612. The second-order valence-corrected chi connectivity index (χ2v) is 4.71. The molecule has 1 aromatic heterocycles. The third-order valence-corrected chi connectivity index (χ3v) is 3.78. The van der Waals surface area contributed by atoms with Crippen molar-refractivity contribution >= 4 is 34.1 Å². The van der Waals surface area contributed by atoms with Gasteiger partial charge in [0, 0.05) is 14.5 Å². The summed E-state index contributed by atoms with van der Waals surface area (Å²) in [7, 11) is 0. The van der Waals surface area contributed by atoms with Crippen LogP contribution in [0.2, 0.25) is 0 Å². The number of aryl methyl sites for hydroxylation is 1. The number of benzene rings is 1. The van der Waals surface area contributed by atoms with Crippen LogP contribution in [-0.4, -0.2) is 5.11 Å². The molecule has 1 nitrogen and oxygen atoms in total. The minimum Gasteiger partial charge on any atom is -0.392 e. The number of thiol groups is 1. The highest BCUT2D eigenvalue weighted by Crippen LogP contribution is 2.32. The maximum absolute atomic E-state index is 9.04. The molecule has 0 saturated heterocycles. The van der Waals surface area contributed by atoms with E-state index in [4.69, 9.17) is 5.11 Å². The van der Waals surface area contributed by atoms with Crippen molar-refractivity contribution in [3.63, 3.8) is 0 Å².